The van der Waals surface area contributed by atoms with Gasteiger partial charge in [0.25, 0.3) is 0 Å². The predicted molar refractivity (Wildman–Crippen MR) is 76.5 cm³/mol. The second-order valence-corrected chi connectivity index (χ2v) is 5.20. The Hall–Kier alpha value is -2.14. The first kappa shape index (κ1) is 11.7. The third kappa shape index (κ3) is 1.74. The molecule has 0 saturated carbocycles. The van der Waals surface area contributed by atoms with Crippen LogP contribution in [0.25, 0.3) is 11.3 Å². The van der Waals surface area contributed by atoms with E-state index in [0.29, 0.717) is 0 Å². The van der Waals surface area contributed by atoms with E-state index in [0.717, 1.165) is 41.6 Å². The number of rotatable bonds is 1. The zero-order valence-electron chi connectivity index (χ0n) is 11.1. The summed E-state index contributed by atoms with van der Waals surface area (Å²) in [6, 6.07) is 7.87. The second-order valence-electron chi connectivity index (χ2n) is 5.20. The SMILES string of the molecule is NC1Oc2ccccc2-c2nc(N3CCCC3)ncc21. The van der Waals surface area contributed by atoms with Gasteiger partial charge in [-0.3, -0.25) is 5.73 Å². The Bertz CT molecular complexity index is 652. The smallest absolute Gasteiger partial charge is 0.225 e. The first-order chi connectivity index (χ1) is 9.83. The van der Waals surface area contributed by atoms with Crippen LogP contribution in [0.15, 0.2) is 30.5 Å². The number of hydrogen-bond donors (Lipinski definition) is 1. The molecule has 20 heavy (non-hydrogen) atoms. The van der Waals surface area contributed by atoms with Crippen molar-refractivity contribution in [2.24, 2.45) is 5.73 Å². The number of anilines is 1. The highest BCUT2D eigenvalue weighted by molar-refractivity contribution is 5.72. The van der Waals surface area contributed by atoms with Gasteiger partial charge in [-0.2, -0.15) is 0 Å². The molecule has 3 heterocycles. The molecule has 4 rings (SSSR count). The molecule has 0 aliphatic carbocycles. The van der Waals surface area contributed by atoms with Crippen LogP contribution in [0.1, 0.15) is 24.6 Å². The Morgan fingerprint density at radius 2 is 2.00 bits per heavy atom. The van der Waals surface area contributed by atoms with E-state index in [1.165, 1.54) is 12.8 Å². The van der Waals surface area contributed by atoms with Crippen molar-refractivity contribution >= 4 is 5.95 Å². The Kier molecular flexibility index (Phi) is 2.60. The first-order valence-electron chi connectivity index (χ1n) is 6.96. The maximum atomic E-state index is 6.05. The molecule has 1 saturated heterocycles. The lowest BCUT2D eigenvalue weighted by molar-refractivity contribution is 0.209. The van der Waals surface area contributed by atoms with Crippen LogP contribution in [-0.2, 0) is 0 Å². The minimum atomic E-state index is -0.493. The maximum Gasteiger partial charge on any atom is 0.225 e. The standard InChI is InChI=1S/C15H16N4O/c16-14-11-9-17-15(19-7-3-4-8-19)18-13(11)10-5-1-2-6-12(10)20-14/h1-2,5-6,9,14H,3-4,7-8,16H2. The zero-order valence-corrected chi connectivity index (χ0v) is 11.1. The van der Waals surface area contributed by atoms with Crippen molar-refractivity contribution in [3.05, 3.63) is 36.0 Å². The van der Waals surface area contributed by atoms with Crippen LogP contribution in [-0.4, -0.2) is 23.1 Å². The van der Waals surface area contributed by atoms with Crippen LogP contribution >= 0.6 is 0 Å². The summed E-state index contributed by atoms with van der Waals surface area (Å²) in [4.78, 5) is 11.4. The molecule has 0 amide bonds. The van der Waals surface area contributed by atoms with Crippen molar-refractivity contribution in [3.8, 4) is 17.0 Å². The van der Waals surface area contributed by atoms with Gasteiger partial charge in [0.1, 0.15) is 5.75 Å². The molecular weight excluding hydrogens is 252 g/mol. The van der Waals surface area contributed by atoms with Crippen LogP contribution in [0.4, 0.5) is 5.95 Å². The third-order valence-electron chi connectivity index (χ3n) is 3.90. The third-order valence-corrected chi connectivity index (χ3v) is 3.90. The van der Waals surface area contributed by atoms with Crippen LogP contribution in [0.3, 0.4) is 0 Å². The molecule has 1 fully saturated rings. The summed E-state index contributed by atoms with van der Waals surface area (Å²) < 4.78 is 5.71. The Labute approximate surface area is 117 Å². The highest BCUT2D eigenvalue weighted by atomic mass is 16.5. The van der Waals surface area contributed by atoms with Gasteiger partial charge in [-0.05, 0) is 25.0 Å². The topological polar surface area (TPSA) is 64.3 Å². The van der Waals surface area contributed by atoms with Gasteiger partial charge in [-0.25, -0.2) is 9.97 Å². The van der Waals surface area contributed by atoms with Gasteiger partial charge in [-0.15, -0.1) is 0 Å². The average Bonchev–Trinajstić information content (AvgIpc) is 3.01. The Morgan fingerprint density at radius 1 is 1.20 bits per heavy atom. The minimum absolute atomic E-state index is 0.493. The summed E-state index contributed by atoms with van der Waals surface area (Å²) in [5.41, 5.74) is 8.79. The van der Waals surface area contributed by atoms with Crippen molar-refractivity contribution in [3.63, 3.8) is 0 Å². The highest BCUT2D eigenvalue weighted by Crippen LogP contribution is 2.39. The number of nitrogens with two attached hydrogens (primary N) is 1. The molecule has 5 heteroatoms. The zero-order chi connectivity index (χ0) is 13.5. The van der Waals surface area contributed by atoms with E-state index in [4.69, 9.17) is 15.5 Å². The van der Waals surface area contributed by atoms with E-state index in [2.05, 4.69) is 9.88 Å². The molecule has 0 spiro atoms. The van der Waals surface area contributed by atoms with E-state index in [-0.39, 0.29) is 0 Å². The molecular formula is C15H16N4O. The first-order valence-corrected chi connectivity index (χ1v) is 6.96. The second kappa shape index (κ2) is 4.45. The molecule has 0 radical (unpaired) electrons. The van der Waals surface area contributed by atoms with E-state index in [1.54, 1.807) is 6.20 Å². The van der Waals surface area contributed by atoms with Crippen LogP contribution in [0.5, 0.6) is 5.75 Å². The van der Waals surface area contributed by atoms with Gasteiger partial charge in [-0.1, -0.05) is 12.1 Å². The normalized spacial score (nSPS) is 20.2. The molecule has 2 N–H and O–H groups in total. The lowest BCUT2D eigenvalue weighted by Crippen LogP contribution is -2.25. The molecule has 0 bridgehead atoms. The summed E-state index contributed by atoms with van der Waals surface area (Å²) >= 11 is 0. The summed E-state index contributed by atoms with van der Waals surface area (Å²) in [5, 5.41) is 0. The van der Waals surface area contributed by atoms with Crippen LogP contribution in [0, 0.1) is 0 Å². The van der Waals surface area contributed by atoms with Gasteiger partial charge in [0, 0.05) is 24.8 Å². The molecule has 1 atom stereocenters. The van der Waals surface area contributed by atoms with Crippen molar-refractivity contribution in [1.82, 2.24) is 9.97 Å². The van der Waals surface area contributed by atoms with Gasteiger partial charge < -0.3 is 9.64 Å². The predicted octanol–water partition coefficient (Wildman–Crippen LogP) is 2.09. The Balaban J connectivity index is 1.85. The minimum Gasteiger partial charge on any atom is -0.471 e. The number of benzene rings is 1. The van der Waals surface area contributed by atoms with Crippen LogP contribution < -0.4 is 15.4 Å². The van der Waals surface area contributed by atoms with Gasteiger partial charge in [0.05, 0.1) is 11.3 Å². The fraction of sp³-hybridized carbons (Fsp3) is 0.333. The summed E-state index contributed by atoms with van der Waals surface area (Å²) in [6.07, 6.45) is 3.73. The molecule has 2 aliphatic heterocycles. The molecule has 102 valence electrons. The Morgan fingerprint density at radius 3 is 2.85 bits per heavy atom. The average molecular weight is 268 g/mol. The highest BCUT2D eigenvalue weighted by Gasteiger charge is 2.26. The summed E-state index contributed by atoms with van der Waals surface area (Å²) in [5.74, 6) is 1.59. The maximum absolute atomic E-state index is 6.05. The molecule has 2 aromatic rings. The van der Waals surface area contributed by atoms with Crippen LogP contribution in [0.2, 0.25) is 0 Å². The van der Waals surface area contributed by atoms with Gasteiger partial charge in [0.2, 0.25) is 5.95 Å². The number of aromatic nitrogens is 2. The molecule has 1 aromatic heterocycles. The van der Waals surface area contributed by atoms with Gasteiger partial charge >= 0.3 is 0 Å². The van der Waals surface area contributed by atoms with Crippen molar-refractivity contribution in [2.45, 2.75) is 19.1 Å². The number of nitrogens with zero attached hydrogens (tertiary/aromatic N) is 3. The van der Waals surface area contributed by atoms with E-state index >= 15 is 0 Å². The lowest BCUT2D eigenvalue weighted by Gasteiger charge is -2.26. The van der Waals surface area contributed by atoms with Crippen molar-refractivity contribution in [2.75, 3.05) is 18.0 Å². The van der Waals surface area contributed by atoms with Crippen molar-refractivity contribution in [1.29, 1.82) is 0 Å². The number of ether oxygens (including phenoxy) is 1. The fourth-order valence-electron chi connectivity index (χ4n) is 2.84. The number of fused-ring (bicyclic) bond motifs is 3. The van der Waals surface area contributed by atoms with Gasteiger partial charge in [0.15, 0.2) is 6.23 Å². The number of hydrogen-bond acceptors (Lipinski definition) is 5. The fourth-order valence-corrected chi connectivity index (χ4v) is 2.84. The summed E-state index contributed by atoms with van der Waals surface area (Å²) in [7, 11) is 0. The van der Waals surface area contributed by atoms with E-state index < -0.39 is 6.23 Å². The van der Waals surface area contributed by atoms with Crippen molar-refractivity contribution < 1.29 is 4.74 Å². The molecule has 1 aromatic carbocycles. The van der Waals surface area contributed by atoms with E-state index in [9.17, 15) is 0 Å². The summed E-state index contributed by atoms with van der Waals surface area (Å²) in [6.45, 7) is 2.06. The molecule has 2 aliphatic rings. The van der Waals surface area contributed by atoms with E-state index in [1.807, 2.05) is 24.3 Å². The number of para-hydroxylation sites is 1. The largest absolute Gasteiger partial charge is 0.471 e. The monoisotopic (exact) mass is 268 g/mol. The lowest BCUT2D eigenvalue weighted by atomic mass is 10.0. The quantitative estimate of drug-likeness (QED) is 0.858. The molecule has 1 unspecified atom stereocenters. The molecule has 5 nitrogen and oxygen atoms in total.